The minimum Gasteiger partial charge on any atom is -0.497 e. The highest BCUT2D eigenvalue weighted by Crippen LogP contribution is 2.50. The fourth-order valence-corrected chi connectivity index (χ4v) is 12.4. The number of fused-ring (bicyclic) bond motifs is 1. The summed E-state index contributed by atoms with van der Waals surface area (Å²) < 4.78 is 63.5. The van der Waals surface area contributed by atoms with Gasteiger partial charge in [-0.15, -0.1) is 0 Å². The number of amides is 3. The van der Waals surface area contributed by atoms with Crippen molar-refractivity contribution in [3.05, 3.63) is 149 Å². The number of hydrogen-bond donors (Lipinski definition) is 4. The van der Waals surface area contributed by atoms with Crippen LogP contribution in [0.4, 0.5) is 21.5 Å². The van der Waals surface area contributed by atoms with E-state index in [2.05, 4.69) is 17.6 Å². The van der Waals surface area contributed by atoms with Gasteiger partial charge in [-0.05, 0) is 120 Å². The number of hydrogen-bond acceptors (Lipinski definition) is 12. The number of unbranched alkanes of at least 4 members (excludes halogenated alkanes) is 1. The molecule has 6 atom stereocenters. The van der Waals surface area contributed by atoms with Gasteiger partial charge in [0, 0.05) is 49.0 Å². The lowest BCUT2D eigenvalue weighted by Gasteiger charge is -2.48. The first-order valence-corrected chi connectivity index (χ1v) is 27.3. The van der Waals surface area contributed by atoms with Crippen LogP contribution in [0.1, 0.15) is 98.3 Å². The van der Waals surface area contributed by atoms with Crippen LogP contribution in [0.15, 0.2) is 120 Å². The largest absolute Gasteiger partial charge is 0.497 e. The van der Waals surface area contributed by atoms with Crippen LogP contribution in [0.5, 0.6) is 5.75 Å². The molecule has 2 aliphatic rings. The molecule has 15 nitrogen and oxygen atoms in total. The monoisotopic (exact) mass is 1050 g/mol. The van der Waals surface area contributed by atoms with Gasteiger partial charge in [0.05, 0.1) is 68.4 Å². The zero-order valence-corrected chi connectivity index (χ0v) is 44.3. The molecular weight excluding hydrogens is 980 g/mol. The molecule has 75 heavy (non-hydrogen) atoms. The lowest BCUT2D eigenvalue weighted by Crippen LogP contribution is -2.55. The van der Waals surface area contributed by atoms with E-state index in [4.69, 9.17) is 18.9 Å². The van der Waals surface area contributed by atoms with Crippen molar-refractivity contribution in [1.82, 2.24) is 5.32 Å². The summed E-state index contributed by atoms with van der Waals surface area (Å²) in [6.45, 7) is 4.51. The van der Waals surface area contributed by atoms with E-state index in [1.807, 2.05) is 86.6 Å². The molecule has 2 heterocycles. The van der Waals surface area contributed by atoms with Gasteiger partial charge in [0.25, 0.3) is 0 Å². The van der Waals surface area contributed by atoms with Gasteiger partial charge in [-0.2, -0.15) is 0 Å². The van der Waals surface area contributed by atoms with Gasteiger partial charge in [-0.3, -0.25) is 14.4 Å². The first kappa shape index (κ1) is 56.5. The van der Waals surface area contributed by atoms with Crippen molar-refractivity contribution in [2.45, 2.75) is 88.0 Å². The number of sulfone groups is 1. The maximum atomic E-state index is 14.0. The van der Waals surface area contributed by atoms with Gasteiger partial charge in [0.2, 0.25) is 17.7 Å². The molecule has 0 aromatic heterocycles. The molecular formula is C58H71FN4O11S. The van der Waals surface area contributed by atoms with Gasteiger partial charge in [-0.1, -0.05) is 75.2 Å². The number of carbonyl (C=O) groups is 3. The average molecular weight is 1050 g/mol. The SMILES string of the molecule is CCCCC1(CC)CS(=O)(=O)c2ccc(N(C)C)cc2C(c2cccc(NC(=O)COCCOCCOCC(=O)NCc3ccc(N4C(=O)C(CCC(O)c5ccc(F)cc5)C4c4ccc(OC)cc4)cc3)c2)C1O. The van der Waals surface area contributed by atoms with Gasteiger partial charge in [-0.25, -0.2) is 12.8 Å². The topological polar surface area (TPSA) is 193 Å². The first-order chi connectivity index (χ1) is 36.1. The Kier molecular flexibility index (Phi) is 19.6. The molecule has 1 fully saturated rings. The number of methoxy groups -OCH3 is 1. The Balaban J connectivity index is 0.822. The number of nitrogens with one attached hydrogen (secondary N) is 2. The van der Waals surface area contributed by atoms with Crippen LogP contribution >= 0.6 is 0 Å². The molecule has 17 heteroatoms. The molecule has 7 rings (SSSR count). The molecule has 5 aromatic rings. The number of ether oxygens (including phenoxy) is 4. The third-order valence-electron chi connectivity index (χ3n) is 14.5. The predicted octanol–water partition coefficient (Wildman–Crippen LogP) is 8.29. The zero-order chi connectivity index (χ0) is 53.7. The molecule has 0 aliphatic carbocycles. The number of carbonyl (C=O) groups excluding carboxylic acids is 3. The number of rotatable bonds is 26. The van der Waals surface area contributed by atoms with Crippen molar-refractivity contribution in [1.29, 1.82) is 0 Å². The van der Waals surface area contributed by atoms with Crippen molar-refractivity contribution in [2.24, 2.45) is 11.3 Å². The van der Waals surface area contributed by atoms with E-state index in [0.29, 0.717) is 59.5 Å². The molecule has 2 aliphatic heterocycles. The fraction of sp³-hybridized carbons (Fsp3) is 0.431. The molecule has 4 N–H and O–H groups in total. The van der Waals surface area contributed by atoms with Crippen LogP contribution in [-0.2, 0) is 45.0 Å². The minimum atomic E-state index is -3.75. The van der Waals surface area contributed by atoms with Crippen molar-refractivity contribution in [3.63, 3.8) is 0 Å². The quantitative estimate of drug-likeness (QED) is 0.0307. The Morgan fingerprint density at radius 2 is 1.53 bits per heavy atom. The van der Waals surface area contributed by atoms with Crippen molar-refractivity contribution >= 4 is 44.6 Å². The summed E-state index contributed by atoms with van der Waals surface area (Å²) in [4.78, 5) is 43.1. The van der Waals surface area contributed by atoms with Gasteiger partial charge in [0.15, 0.2) is 9.84 Å². The van der Waals surface area contributed by atoms with E-state index in [-0.39, 0.29) is 86.4 Å². The number of aliphatic hydroxyl groups is 2. The van der Waals surface area contributed by atoms with Crippen molar-refractivity contribution in [3.8, 4) is 5.75 Å². The molecule has 0 bridgehead atoms. The highest BCUT2D eigenvalue weighted by molar-refractivity contribution is 7.91. The summed E-state index contributed by atoms with van der Waals surface area (Å²) in [7, 11) is 1.61. The standard InChI is InChI=1S/C58H71FN4O11S/c1-6-8-28-58(7-2)38-75(69,70)51-27-22-46(62(3)4)34-49(51)54(56(58)67)42-10-9-11-44(33-42)61-53(66)37-74-32-30-72-29-31-73-36-52(65)60-35-39-12-20-45(21-13-39)63-55(41-16-23-47(71-5)24-17-41)48(57(63)68)25-26-50(64)40-14-18-43(59)19-15-40/h9-24,27,33-34,48,50,54-56,64,67H,6-8,25-26,28-32,35-38H2,1-5H3,(H,60,65)(H,61,66). The molecule has 6 unspecified atom stereocenters. The Morgan fingerprint density at radius 3 is 2.19 bits per heavy atom. The van der Waals surface area contributed by atoms with E-state index < -0.39 is 39.3 Å². The van der Waals surface area contributed by atoms with Crippen LogP contribution in [0, 0.1) is 17.2 Å². The molecule has 0 radical (unpaired) electrons. The van der Waals surface area contributed by atoms with Gasteiger partial charge in [0.1, 0.15) is 24.8 Å². The Labute approximate surface area is 440 Å². The van der Waals surface area contributed by atoms with Crippen LogP contribution < -0.4 is 25.2 Å². The number of β-lactam (4-membered cyclic amide) rings is 1. The molecule has 1 saturated heterocycles. The van der Waals surface area contributed by atoms with Crippen molar-refractivity contribution in [2.75, 3.05) is 81.7 Å². The second-order valence-corrected chi connectivity index (χ2v) is 21.6. The van der Waals surface area contributed by atoms with Crippen molar-refractivity contribution < 1.29 is 56.4 Å². The number of aliphatic hydroxyl groups excluding tert-OH is 2. The van der Waals surface area contributed by atoms with Crippen LogP contribution in [-0.4, -0.2) is 109 Å². The van der Waals surface area contributed by atoms with E-state index >= 15 is 0 Å². The summed E-state index contributed by atoms with van der Waals surface area (Å²) in [5.41, 5.74) is 4.70. The highest BCUT2D eigenvalue weighted by atomic mass is 32.2. The lowest BCUT2D eigenvalue weighted by molar-refractivity contribution is -0.131. The van der Waals surface area contributed by atoms with E-state index in [0.717, 1.165) is 29.7 Å². The second kappa shape index (κ2) is 26.0. The third kappa shape index (κ3) is 14.0. The van der Waals surface area contributed by atoms with Gasteiger partial charge >= 0.3 is 0 Å². The Hall–Kier alpha value is -6.21. The third-order valence-corrected chi connectivity index (χ3v) is 16.5. The molecule has 5 aromatic carbocycles. The van der Waals surface area contributed by atoms with Crippen LogP contribution in [0.3, 0.4) is 0 Å². The summed E-state index contributed by atoms with van der Waals surface area (Å²) in [6.07, 6.45) is 1.61. The smallest absolute Gasteiger partial charge is 0.250 e. The Morgan fingerprint density at radius 1 is 0.853 bits per heavy atom. The average Bonchev–Trinajstić information content (AvgIpc) is 3.50. The molecule has 3 amide bonds. The normalized spacial score (nSPS) is 20.3. The maximum Gasteiger partial charge on any atom is 0.250 e. The summed E-state index contributed by atoms with van der Waals surface area (Å²) in [6, 6.07) is 32.9. The molecule has 402 valence electrons. The number of halogens is 1. The number of nitrogens with zero attached hydrogens (tertiary/aromatic N) is 2. The molecule has 0 spiro atoms. The van der Waals surface area contributed by atoms with E-state index in [1.54, 1.807) is 54.5 Å². The number of anilines is 3. The highest BCUT2D eigenvalue weighted by Gasteiger charge is 2.50. The number of benzene rings is 5. The van der Waals surface area contributed by atoms with E-state index in [9.17, 15) is 37.4 Å². The summed E-state index contributed by atoms with van der Waals surface area (Å²) in [5, 5.41) is 28.8. The lowest BCUT2D eigenvalue weighted by atomic mass is 9.69. The zero-order valence-electron chi connectivity index (χ0n) is 43.5. The fourth-order valence-electron chi connectivity index (χ4n) is 10.2. The second-order valence-electron chi connectivity index (χ2n) is 19.6. The van der Waals surface area contributed by atoms with E-state index in [1.165, 1.54) is 12.1 Å². The Bertz CT molecular complexity index is 2820. The predicted molar refractivity (Wildman–Crippen MR) is 286 cm³/mol. The maximum absolute atomic E-state index is 14.0. The van der Waals surface area contributed by atoms with Crippen LogP contribution in [0.2, 0.25) is 0 Å². The first-order valence-electron chi connectivity index (χ1n) is 25.7. The molecule has 0 saturated carbocycles. The minimum absolute atomic E-state index is 0.0670. The van der Waals surface area contributed by atoms with Crippen LogP contribution in [0.25, 0.3) is 0 Å². The summed E-state index contributed by atoms with van der Waals surface area (Å²) in [5.74, 6) is -1.66. The summed E-state index contributed by atoms with van der Waals surface area (Å²) >= 11 is 0. The van der Waals surface area contributed by atoms with Gasteiger partial charge < -0.3 is 49.6 Å².